The van der Waals surface area contributed by atoms with E-state index >= 15 is 0 Å². The zero-order valence-electron chi connectivity index (χ0n) is 18.6. The second kappa shape index (κ2) is 9.25. The second-order valence-electron chi connectivity index (χ2n) is 7.91. The molecule has 4 rings (SSSR count). The Hall–Kier alpha value is -3.36. The van der Waals surface area contributed by atoms with Crippen molar-refractivity contribution in [1.29, 1.82) is 0 Å². The third-order valence-electron chi connectivity index (χ3n) is 5.13. The first-order valence-electron chi connectivity index (χ1n) is 10.3. The van der Waals surface area contributed by atoms with E-state index in [1.807, 2.05) is 38.2 Å². The van der Waals surface area contributed by atoms with Gasteiger partial charge in [-0.3, -0.25) is 15.5 Å². The summed E-state index contributed by atoms with van der Waals surface area (Å²) >= 11 is 12.4. The maximum absolute atomic E-state index is 12.5. The molecule has 0 unspecified atom stereocenters. The van der Waals surface area contributed by atoms with E-state index in [9.17, 15) is 4.79 Å². The van der Waals surface area contributed by atoms with Crippen molar-refractivity contribution in [3.8, 4) is 11.3 Å². The largest absolute Gasteiger partial charge is 0.337 e. The topological polar surface area (TPSA) is 96.8 Å². The molecule has 3 N–H and O–H groups in total. The molecule has 0 aliphatic heterocycles. The van der Waals surface area contributed by atoms with Crippen LogP contribution < -0.4 is 16.2 Å². The number of benzene rings is 1. The quantitative estimate of drug-likeness (QED) is 0.242. The number of anilines is 2. The maximum atomic E-state index is 12.5. The number of hydrogen-bond donors (Lipinski definition) is 3. The lowest BCUT2D eigenvalue weighted by molar-refractivity contribution is 0.254. The minimum atomic E-state index is -0.489. The molecule has 0 radical (unpaired) electrons. The fourth-order valence-electron chi connectivity index (χ4n) is 3.66. The summed E-state index contributed by atoms with van der Waals surface area (Å²) in [6.07, 6.45) is 0. The zero-order chi connectivity index (χ0) is 23.7. The highest BCUT2D eigenvalue weighted by Gasteiger charge is 2.16. The maximum Gasteiger partial charge on any atom is 0.337 e. The van der Waals surface area contributed by atoms with E-state index < -0.39 is 6.03 Å². The number of halogens is 2. The zero-order valence-corrected chi connectivity index (χ0v) is 20.1. The van der Waals surface area contributed by atoms with Crippen molar-refractivity contribution in [1.82, 2.24) is 25.2 Å². The van der Waals surface area contributed by atoms with E-state index in [1.165, 1.54) is 0 Å². The van der Waals surface area contributed by atoms with Crippen molar-refractivity contribution in [3.63, 3.8) is 0 Å². The minimum Gasteiger partial charge on any atom is -0.306 e. The predicted molar refractivity (Wildman–Crippen MR) is 133 cm³/mol. The Balaban J connectivity index is 1.52. The normalized spacial score (nSPS) is 11.1. The summed E-state index contributed by atoms with van der Waals surface area (Å²) in [4.78, 5) is 21.4. The van der Waals surface area contributed by atoms with Crippen LogP contribution in [0.5, 0.6) is 0 Å². The van der Waals surface area contributed by atoms with Gasteiger partial charge >= 0.3 is 6.03 Å². The van der Waals surface area contributed by atoms with E-state index in [-0.39, 0.29) is 11.1 Å². The molecule has 3 heterocycles. The lowest BCUT2D eigenvalue weighted by Crippen LogP contribution is -2.34. The number of carbonyl (C=O) groups is 1. The molecule has 0 spiro atoms. The van der Waals surface area contributed by atoms with E-state index in [0.717, 1.165) is 22.3 Å². The number of carbonyl (C=O) groups excluding carboxylic acids is 1. The van der Waals surface area contributed by atoms with E-state index in [4.69, 9.17) is 23.2 Å². The number of urea groups is 1. The summed E-state index contributed by atoms with van der Waals surface area (Å²) in [6, 6.07) is 12.0. The number of nitrogens with one attached hydrogen (secondary N) is 3. The third kappa shape index (κ3) is 4.86. The summed E-state index contributed by atoms with van der Waals surface area (Å²) in [5, 5.41) is 9.02. The van der Waals surface area contributed by atoms with Gasteiger partial charge in [-0.1, -0.05) is 55.2 Å². The third-order valence-corrected chi connectivity index (χ3v) is 5.65. The molecule has 0 saturated carbocycles. The van der Waals surface area contributed by atoms with Gasteiger partial charge in [0.25, 0.3) is 0 Å². The number of amides is 2. The van der Waals surface area contributed by atoms with Gasteiger partial charge in [0.1, 0.15) is 11.0 Å². The Morgan fingerprint density at radius 2 is 1.85 bits per heavy atom. The number of aromatic nitrogens is 4. The van der Waals surface area contributed by atoms with Crippen molar-refractivity contribution in [2.45, 2.75) is 26.7 Å². The molecule has 0 saturated heterocycles. The van der Waals surface area contributed by atoms with Gasteiger partial charge < -0.3 is 5.32 Å². The second-order valence-corrected chi connectivity index (χ2v) is 8.70. The number of pyridine rings is 2. The Morgan fingerprint density at radius 1 is 1.09 bits per heavy atom. The van der Waals surface area contributed by atoms with Crippen LogP contribution in [0.1, 0.15) is 31.0 Å². The molecular weight excluding hydrogens is 461 g/mol. The Labute approximate surface area is 201 Å². The van der Waals surface area contributed by atoms with E-state index in [0.29, 0.717) is 27.8 Å². The highest BCUT2D eigenvalue weighted by molar-refractivity contribution is 6.33. The van der Waals surface area contributed by atoms with Crippen molar-refractivity contribution < 1.29 is 4.79 Å². The van der Waals surface area contributed by atoms with Crippen molar-refractivity contribution in [2.75, 3.05) is 10.7 Å². The summed E-state index contributed by atoms with van der Waals surface area (Å²) in [6.45, 7) is 6.18. The standard InChI is InChI=1S/C23H23Cl2N7O/c1-12(2)16-11-20(28-22-21(16)13(3)31-32(22)4)29-30-23(33)26-14-9-18(27-19(25)10-14)15-7-5-6-8-17(15)24/h5-12H,1-4H3,(H,28,29)(H2,26,27,30,33). The Kier molecular flexibility index (Phi) is 6.40. The number of hydrazine groups is 1. The molecule has 0 fully saturated rings. The van der Waals surface area contributed by atoms with Crippen molar-refractivity contribution in [3.05, 3.63) is 63.9 Å². The van der Waals surface area contributed by atoms with Crippen LogP contribution in [0.3, 0.4) is 0 Å². The highest BCUT2D eigenvalue weighted by Crippen LogP contribution is 2.30. The van der Waals surface area contributed by atoms with Gasteiger partial charge in [0.05, 0.1) is 11.4 Å². The van der Waals surface area contributed by atoms with Crippen molar-refractivity contribution >= 4 is 51.8 Å². The van der Waals surface area contributed by atoms with Crippen LogP contribution >= 0.6 is 23.2 Å². The number of fused-ring (bicyclic) bond motifs is 1. The number of rotatable bonds is 5. The van der Waals surface area contributed by atoms with Crippen LogP contribution in [-0.2, 0) is 7.05 Å². The van der Waals surface area contributed by atoms with Gasteiger partial charge in [0, 0.05) is 28.7 Å². The highest BCUT2D eigenvalue weighted by atomic mass is 35.5. The van der Waals surface area contributed by atoms with Gasteiger partial charge in [-0.15, -0.1) is 0 Å². The fourth-order valence-corrected chi connectivity index (χ4v) is 4.10. The lowest BCUT2D eigenvalue weighted by atomic mass is 10.00. The summed E-state index contributed by atoms with van der Waals surface area (Å²) in [7, 11) is 1.85. The van der Waals surface area contributed by atoms with E-state index in [1.54, 1.807) is 22.9 Å². The van der Waals surface area contributed by atoms with E-state index in [2.05, 4.69) is 45.1 Å². The van der Waals surface area contributed by atoms with Crippen molar-refractivity contribution in [2.24, 2.45) is 7.05 Å². The molecule has 3 aromatic heterocycles. The molecule has 33 heavy (non-hydrogen) atoms. The molecule has 2 amide bonds. The van der Waals surface area contributed by atoms with Crippen LogP contribution in [-0.4, -0.2) is 25.8 Å². The average molecular weight is 484 g/mol. The minimum absolute atomic E-state index is 0.232. The molecule has 10 heteroatoms. The molecular formula is C23H23Cl2N7O. The van der Waals surface area contributed by atoms with Gasteiger partial charge in [-0.05, 0) is 42.7 Å². The predicted octanol–water partition coefficient (Wildman–Crippen LogP) is 5.92. The summed E-state index contributed by atoms with van der Waals surface area (Å²) < 4.78 is 1.73. The van der Waals surface area contributed by atoms with Gasteiger partial charge in [0.2, 0.25) is 0 Å². The molecule has 0 bridgehead atoms. The van der Waals surface area contributed by atoms with Crippen LogP contribution in [0, 0.1) is 6.92 Å². The van der Waals surface area contributed by atoms with Crippen LogP contribution in [0.4, 0.5) is 16.3 Å². The van der Waals surface area contributed by atoms with Gasteiger partial charge in [-0.25, -0.2) is 14.8 Å². The molecule has 0 atom stereocenters. The molecule has 0 aliphatic carbocycles. The first-order chi connectivity index (χ1) is 15.7. The monoisotopic (exact) mass is 483 g/mol. The number of nitrogens with zero attached hydrogens (tertiary/aromatic N) is 4. The number of aryl methyl sites for hydroxylation is 2. The molecule has 4 aromatic rings. The molecule has 170 valence electrons. The molecule has 1 aromatic carbocycles. The molecule has 8 nitrogen and oxygen atoms in total. The Bertz CT molecular complexity index is 1350. The van der Waals surface area contributed by atoms with Crippen LogP contribution in [0.25, 0.3) is 22.3 Å². The lowest BCUT2D eigenvalue weighted by Gasteiger charge is -2.14. The smallest absolute Gasteiger partial charge is 0.306 e. The first kappa shape index (κ1) is 22.8. The summed E-state index contributed by atoms with van der Waals surface area (Å²) in [5.74, 6) is 0.767. The van der Waals surface area contributed by atoms with Gasteiger partial charge in [0.15, 0.2) is 5.65 Å². The fraction of sp³-hybridized carbons (Fsp3) is 0.217. The van der Waals surface area contributed by atoms with Crippen LogP contribution in [0.15, 0.2) is 42.5 Å². The summed E-state index contributed by atoms with van der Waals surface area (Å²) in [5.41, 5.74) is 9.99. The number of hydrogen-bond acceptors (Lipinski definition) is 5. The SMILES string of the molecule is Cc1nn(C)c2nc(NNC(=O)Nc3cc(Cl)nc(-c4ccccc4Cl)c3)cc(C(C)C)c12. The average Bonchev–Trinajstić information content (AvgIpc) is 3.05. The molecule has 0 aliphatic rings. The first-order valence-corrected chi connectivity index (χ1v) is 11.1. The van der Waals surface area contributed by atoms with Crippen LogP contribution in [0.2, 0.25) is 10.2 Å². The van der Waals surface area contributed by atoms with Gasteiger partial charge in [-0.2, -0.15) is 5.10 Å². The Morgan fingerprint density at radius 3 is 2.58 bits per heavy atom.